The van der Waals surface area contributed by atoms with Gasteiger partial charge in [0.05, 0.1) is 10.9 Å². The van der Waals surface area contributed by atoms with Gasteiger partial charge in [0.15, 0.2) is 0 Å². The maximum Gasteiger partial charge on any atom is 0.259 e. The molecule has 0 aliphatic heterocycles. The number of benzene rings is 1. The van der Waals surface area contributed by atoms with Crippen molar-refractivity contribution < 1.29 is 0 Å². The van der Waals surface area contributed by atoms with Crippen molar-refractivity contribution >= 4 is 34.1 Å². The average Bonchev–Trinajstić information content (AvgIpc) is 1.99. The number of aryl methyl sites for hydroxylation is 1. The molecule has 2 rings (SSSR count). The Balaban J connectivity index is 3.02. The Kier molecular flexibility index (Phi) is 2.21. The summed E-state index contributed by atoms with van der Waals surface area (Å²) in [6.07, 6.45) is 0. The molecule has 2 aromatic rings. The summed E-state index contributed by atoms with van der Waals surface area (Å²) in [5.41, 5.74) is 1.07. The molecule has 0 fully saturated rings. The van der Waals surface area contributed by atoms with Gasteiger partial charge in [-0.1, -0.05) is 11.6 Å². The molecule has 0 bridgehead atoms. The monoisotopic (exact) mass is 228 g/mol. The topological polar surface area (TPSA) is 45.8 Å². The molecule has 0 amide bonds. The molecule has 1 N–H and O–H groups in total. The van der Waals surface area contributed by atoms with Crippen LogP contribution in [0.3, 0.4) is 0 Å². The van der Waals surface area contributed by atoms with E-state index in [2.05, 4.69) is 9.97 Å². The summed E-state index contributed by atoms with van der Waals surface area (Å²) in [6.45, 7) is 1.80. The molecule has 0 saturated heterocycles. The fourth-order valence-electron chi connectivity index (χ4n) is 1.40. The standard InChI is InChI=1S/C9H6Cl2N2O/c1-4-2-5(10)3-6-7(4)8(14)13-9(11)12-6/h2-3H,1H3,(H,12,13,14). The molecular weight excluding hydrogens is 223 g/mol. The lowest BCUT2D eigenvalue weighted by atomic mass is 10.1. The van der Waals surface area contributed by atoms with Gasteiger partial charge in [-0.2, -0.15) is 0 Å². The van der Waals surface area contributed by atoms with Crippen LogP contribution in [0.25, 0.3) is 10.9 Å². The molecule has 3 nitrogen and oxygen atoms in total. The van der Waals surface area contributed by atoms with E-state index in [4.69, 9.17) is 23.2 Å². The van der Waals surface area contributed by atoms with Crippen molar-refractivity contribution in [1.29, 1.82) is 0 Å². The van der Waals surface area contributed by atoms with Gasteiger partial charge >= 0.3 is 0 Å². The lowest BCUT2D eigenvalue weighted by molar-refractivity contribution is 1.17. The second-order valence-electron chi connectivity index (χ2n) is 2.97. The summed E-state index contributed by atoms with van der Waals surface area (Å²) in [7, 11) is 0. The first-order valence-electron chi connectivity index (χ1n) is 3.93. The molecule has 0 aliphatic rings. The zero-order chi connectivity index (χ0) is 10.3. The molecule has 0 saturated carbocycles. The number of nitrogens with zero attached hydrogens (tertiary/aromatic N) is 1. The second kappa shape index (κ2) is 3.26. The third-order valence-corrected chi connectivity index (χ3v) is 2.34. The Hall–Kier alpha value is -1.06. The van der Waals surface area contributed by atoms with Crippen molar-refractivity contribution in [2.24, 2.45) is 0 Å². The molecule has 1 aromatic heterocycles. The Morgan fingerprint density at radius 1 is 1.36 bits per heavy atom. The largest absolute Gasteiger partial charge is 0.297 e. The number of aromatic amines is 1. The van der Waals surface area contributed by atoms with Crippen molar-refractivity contribution in [3.05, 3.63) is 38.4 Å². The molecule has 1 heterocycles. The van der Waals surface area contributed by atoms with Gasteiger partial charge in [0.1, 0.15) is 0 Å². The molecular formula is C9H6Cl2N2O. The first-order chi connectivity index (χ1) is 6.58. The summed E-state index contributed by atoms with van der Waals surface area (Å²) in [6, 6.07) is 3.33. The van der Waals surface area contributed by atoms with E-state index in [1.54, 1.807) is 19.1 Å². The summed E-state index contributed by atoms with van der Waals surface area (Å²) >= 11 is 11.5. The van der Waals surface area contributed by atoms with Crippen LogP contribution in [-0.2, 0) is 0 Å². The highest BCUT2D eigenvalue weighted by molar-refractivity contribution is 6.31. The van der Waals surface area contributed by atoms with Crippen molar-refractivity contribution in [2.75, 3.05) is 0 Å². The highest BCUT2D eigenvalue weighted by atomic mass is 35.5. The molecule has 0 aliphatic carbocycles. The number of nitrogens with one attached hydrogen (secondary N) is 1. The van der Waals surface area contributed by atoms with E-state index < -0.39 is 0 Å². The van der Waals surface area contributed by atoms with Gasteiger partial charge < -0.3 is 0 Å². The van der Waals surface area contributed by atoms with Gasteiger partial charge in [-0.25, -0.2) is 4.98 Å². The first kappa shape index (κ1) is 9.49. The van der Waals surface area contributed by atoms with Gasteiger partial charge in [-0.3, -0.25) is 9.78 Å². The minimum atomic E-state index is -0.242. The predicted octanol–water partition coefficient (Wildman–Crippen LogP) is 2.54. The lowest BCUT2D eigenvalue weighted by Gasteiger charge is -2.01. The maximum atomic E-state index is 11.5. The third kappa shape index (κ3) is 1.49. The zero-order valence-electron chi connectivity index (χ0n) is 7.27. The van der Waals surface area contributed by atoms with Crippen LogP contribution in [0, 0.1) is 6.92 Å². The molecule has 72 valence electrons. The van der Waals surface area contributed by atoms with Gasteiger partial charge in [-0.05, 0) is 36.2 Å². The highest BCUT2D eigenvalue weighted by Gasteiger charge is 2.06. The van der Waals surface area contributed by atoms with E-state index in [0.29, 0.717) is 15.9 Å². The van der Waals surface area contributed by atoms with Gasteiger partial charge in [-0.15, -0.1) is 0 Å². The summed E-state index contributed by atoms with van der Waals surface area (Å²) in [4.78, 5) is 17.9. The fourth-order valence-corrected chi connectivity index (χ4v) is 1.84. The van der Waals surface area contributed by atoms with E-state index in [9.17, 15) is 4.79 Å². The van der Waals surface area contributed by atoms with Crippen LogP contribution in [0.4, 0.5) is 0 Å². The van der Waals surface area contributed by atoms with E-state index in [0.717, 1.165) is 5.56 Å². The number of fused-ring (bicyclic) bond motifs is 1. The van der Waals surface area contributed by atoms with Crippen LogP contribution >= 0.6 is 23.2 Å². The number of halogens is 2. The van der Waals surface area contributed by atoms with Crippen molar-refractivity contribution in [3.63, 3.8) is 0 Å². The maximum absolute atomic E-state index is 11.5. The molecule has 1 aromatic carbocycles. The summed E-state index contributed by atoms with van der Waals surface area (Å²) < 4.78 is 0. The Morgan fingerprint density at radius 3 is 2.79 bits per heavy atom. The van der Waals surface area contributed by atoms with Crippen LogP contribution in [0.1, 0.15) is 5.56 Å². The van der Waals surface area contributed by atoms with E-state index in [1.807, 2.05) is 0 Å². The van der Waals surface area contributed by atoms with E-state index in [1.165, 1.54) is 0 Å². The normalized spacial score (nSPS) is 10.8. The zero-order valence-corrected chi connectivity index (χ0v) is 8.78. The predicted molar refractivity (Wildman–Crippen MR) is 57.1 cm³/mol. The fraction of sp³-hybridized carbons (Fsp3) is 0.111. The van der Waals surface area contributed by atoms with Crippen LogP contribution in [0.15, 0.2) is 16.9 Å². The SMILES string of the molecule is Cc1cc(Cl)cc2nc(Cl)[nH]c(=O)c12. The minimum absolute atomic E-state index is 0.0733. The van der Waals surface area contributed by atoms with Gasteiger partial charge in [0.25, 0.3) is 5.56 Å². The lowest BCUT2D eigenvalue weighted by Crippen LogP contribution is -2.09. The van der Waals surface area contributed by atoms with Crippen molar-refractivity contribution in [2.45, 2.75) is 6.92 Å². The minimum Gasteiger partial charge on any atom is -0.297 e. The van der Waals surface area contributed by atoms with Crippen LogP contribution in [0.5, 0.6) is 0 Å². The Bertz CT molecular complexity index is 557. The van der Waals surface area contributed by atoms with Crippen molar-refractivity contribution in [1.82, 2.24) is 9.97 Å². The second-order valence-corrected chi connectivity index (χ2v) is 3.77. The van der Waals surface area contributed by atoms with E-state index >= 15 is 0 Å². The number of H-pyrrole nitrogens is 1. The molecule has 0 atom stereocenters. The van der Waals surface area contributed by atoms with E-state index in [-0.39, 0.29) is 10.8 Å². The summed E-state index contributed by atoms with van der Waals surface area (Å²) in [5.74, 6) is 0. The molecule has 0 radical (unpaired) electrons. The number of aromatic nitrogens is 2. The van der Waals surface area contributed by atoms with Gasteiger partial charge in [0, 0.05) is 5.02 Å². The average molecular weight is 229 g/mol. The Labute approximate surface area is 89.7 Å². The highest BCUT2D eigenvalue weighted by Crippen LogP contribution is 2.19. The molecule has 0 spiro atoms. The third-order valence-electron chi connectivity index (χ3n) is 1.94. The van der Waals surface area contributed by atoms with Crippen LogP contribution in [-0.4, -0.2) is 9.97 Å². The number of hydrogen-bond donors (Lipinski definition) is 1. The molecule has 5 heteroatoms. The quantitative estimate of drug-likeness (QED) is 0.705. The number of hydrogen-bond acceptors (Lipinski definition) is 2. The van der Waals surface area contributed by atoms with Crippen LogP contribution in [0.2, 0.25) is 10.3 Å². The smallest absolute Gasteiger partial charge is 0.259 e. The van der Waals surface area contributed by atoms with Crippen LogP contribution < -0.4 is 5.56 Å². The number of rotatable bonds is 0. The Morgan fingerprint density at radius 2 is 2.07 bits per heavy atom. The molecule has 0 unspecified atom stereocenters. The molecule has 14 heavy (non-hydrogen) atoms. The first-order valence-corrected chi connectivity index (χ1v) is 4.69. The van der Waals surface area contributed by atoms with Gasteiger partial charge in [0.2, 0.25) is 5.28 Å². The van der Waals surface area contributed by atoms with Crippen molar-refractivity contribution in [3.8, 4) is 0 Å². The summed E-state index contributed by atoms with van der Waals surface area (Å²) in [5, 5.41) is 1.15.